The maximum Gasteiger partial charge on any atom is 0.295 e. The number of hydrogen-bond donors (Lipinski definition) is 1. The van der Waals surface area contributed by atoms with Gasteiger partial charge in [-0.15, -0.1) is 0 Å². The highest BCUT2D eigenvalue weighted by Gasteiger charge is 2.18. The van der Waals surface area contributed by atoms with Crippen LogP contribution in [-0.2, 0) is 18.3 Å². The van der Waals surface area contributed by atoms with Crippen LogP contribution in [0.15, 0.2) is 70.0 Å². The summed E-state index contributed by atoms with van der Waals surface area (Å²) in [6.45, 7) is 3.83. The first kappa shape index (κ1) is 20.4. The highest BCUT2D eigenvalue weighted by Crippen LogP contribution is 2.21. The molecule has 0 fully saturated rings. The van der Waals surface area contributed by atoms with Crippen molar-refractivity contribution in [1.82, 2.24) is 14.3 Å². The molecule has 2 aromatic heterocycles. The number of aromatic nitrogens is 3. The Morgan fingerprint density at radius 1 is 1.06 bits per heavy atom. The van der Waals surface area contributed by atoms with Gasteiger partial charge in [-0.3, -0.25) is 14.3 Å². The first-order valence-electron chi connectivity index (χ1n) is 10.1. The second kappa shape index (κ2) is 8.47. The number of aryl methyl sites for hydroxylation is 2. The van der Waals surface area contributed by atoms with Crippen LogP contribution in [0.25, 0.3) is 17.0 Å². The van der Waals surface area contributed by atoms with Gasteiger partial charge in [0, 0.05) is 25.5 Å². The minimum Gasteiger partial charge on any atom is -0.441 e. The van der Waals surface area contributed by atoms with Crippen molar-refractivity contribution in [3.05, 3.63) is 88.3 Å². The first-order chi connectivity index (χ1) is 14.9. The minimum atomic E-state index is -0.266. The lowest BCUT2D eigenvalue weighted by atomic mass is 10.1. The number of amides is 1. The van der Waals surface area contributed by atoms with E-state index < -0.39 is 0 Å². The van der Waals surface area contributed by atoms with E-state index in [-0.39, 0.29) is 23.6 Å². The van der Waals surface area contributed by atoms with Crippen LogP contribution in [0.5, 0.6) is 0 Å². The van der Waals surface area contributed by atoms with E-state index in [2.05, 4.69) is 10.3 Å². The van der Waals surface area contributed by atoms with Gasteiger partial charge >= 0.3 is 0 Å². The zero-order valence-electron chi connectivity index (χ0n) is 17.8. The first-order valence-corrected chi connectivity index (χ1v) is 10.1. The van der Waals surface area contributed by atoms with E-state index in [4.69, 9.17) is 4.42 Å². The second-order valence-electron chi connectivity index (χ2n) is 7.47. The summed E-state index contributed by atoms with van der Waals surface area (Å²) in [6, 6.07) is 17.3. The molecule has 2 heterocycles. The van der Waals surface area contributed by atoms with Gasteiger partial charge < -0.3 is 9.73 Å². The molecule has 4 aromatic rings. The second-order valence-corrected chi connectivity index (χ2v) is 7.47. The molecular weight excluding hydrogens is 392 g/mol. The monoisotopic (exact) mass is 416 g/mol. The third-order valence-electron chi connectivity index (χ3n) is 5.27. The molecule has 1 amide bonds. The number of anilines is 1. The van der Waals surface area contributed by atoms with Gasteiger partial charge in [0.1, 0.15) is 5.69 Å². The lowest BCUT2D eigenvalue weighted by Gasteiger charge is -2.07. The fraction of sp³-hybridized carbons (Fsp3) is 0.208. The van der Waals surface area contributed by atoms with Crippen LogP contribution < -0.4 is 10.9 Å². The fourth-order valence-electron chi connectivity index (χ4n) is 3.41. The van der Waals surface area contributed by atoms with Gasteiger partial charge in [-0.25, -0.2) is 9.67 Å². The largest absolute Gasteiger partial charge is 0.441 e. The number of oxazole rings is 1. The maximum atomic E-state index is 12.9. The molecule has 0 saturated carbocycles. The van der Waals surface area contributed by atoms with Gasteiger partial charge in [0.05, 0.1) is 17.6 Å². The van der Waals surface area contributed by atoms with Crippen molar-refractivity contribution in [1.29, 1.82) is 0 Å². The van der Waals surface area contributed by atoms with E-state index in [9.17, 15) is 9.59 Å². The number of benzene rings is 2. The lowest BCUT2D eigenvalue weighted by Crippen LogP contribution is -2.23. The zero-order valence-corrected chi connectivity index (χ0v) is 17.8. The normalized spacial score (nSPS) is 10.9. The van der Waals surface area contributed by atoms with E-state index in [1.165, 1.54) is 10.2 Å². The summed E-state index contributed by atoms with van der Waals surface area (Å²) in [5, 5.41) is 2.76. The topological polar surface area (TPSA) is 82.1 Å². The molecule has 158 valence electrons. The Balaban J connectivity index is 1.44. The number of hydrogen-bond acceptors (Lipinski definition) is 4. The SMILES string of the molecule is Cc1ccc(-c2cnc(CCC(=O)Nc3c(C)n(C)n(-c4ccccc4)c3=O)o2)cc1. The number of para-hydroxylation sites is 1. The van der Waals surface area contributed by atoms with Gasteiger partial charge in [-0.2, -0.15) is 0 Å². The molecule has 7 nitrogen and oxygen atoms in total. The van der Waals surface area contributed by atoms with E-state index in [0.717, 1.165) is 11.3 Å². The quantitative estimate of drug-likeness (QED) is 0.515. The van der Waals surface area contributed by atoms with Crippen molar-refractivity contribution in [2.45, 2.75) is 26.7 Å². The Bertz CT molecular complexity index is 1260. The van der Waals surface area contributed by atoms with Crippen molar-refractivity contribution in [3.63, 3.8) is 0 Å². The molecule has 0 bridgehead atoms. The van der Waals surface area contributed by atoms with Gasteiger partial charge in [-0.05, 0) is 26.0 Å². The van der Waals surface area contributed by atoms with Crippen LogP contribution in [0.2, 0.25) is 0 Å². The van der Waals surface area contributed by atoms with Crippen molar-refractivity contribution >= 4 is 11.6 Å². The number of nitrogens with zero attached hydrogens (tertiary/aromatic N) is 3. The average Bonchev–Trinajstić information content (AvgIpc) is 3.33. The van der Waals surface area contributed by atoms with Gasteiger partial charge in [0.25, 0.3) is 5.56 Å². The van der Waals surface area contributed by atoms with Gasteiger partial charge in [-0.1, -0.05) is 48.0 Å². The Morgan fingerprint density at radius 2 is 1.77 bits per heavy atom. The van der Waals surface area contributed by atoms with Crippen LogP contribution in [0.1, 0.15) is 23.6 Å². The van der Waals surface area contributed by atoms with E-state index >= 15 is 0 Å². The molecule has 0 atom stereocenters. The van der Waals surface area contributed by atoms with E-state index in [1.807, 2.05) is 61.5 Å². The Hall–Kier alpha value is -3.87. The standard InChI is InChI=1S/C24H24N4O3/c1-16-9-11-18(12-10-16)20-15-25-22(31-20)14-13-21(29)26-23-17(2)27(3)28(24(23)30)19-7-5-4-6-8-19/h4-12,15H,13-14H2,1-3H3,(H,26,29). The Kier molecular flexibility index (Phi) is 5.58. The average molecular weight is 416 g/mol. The molecule has 1 N–H and O–H groups in total. The van der Waals surface area contributed by atoms with E-state index in [0.29, 0.717) is 23.8 Å². The molecule has 0 radical (unpaired) electrons. The zero-order chi connectivity index (χ0) is 22.0. The third kappa shape index (κ3) is 4.21. The summed E-state index contributed by atoms with van der Waals surface area (Å²) < 4.78 is 9.04. The molecule has 0 saturated heterocycles. The molecule has 0 unspecified atom stereocenters. The number of nitrogens with one attached hydrogen (secondary N) is 1. The van der Waals surface area contributed by atoms with Gasteiger partial charge in [0.2, 0.25) is 5.91 Å². The van der Waals surface area contributed by atoms with Crippen LogP contribution in [0.4, 0.5) is 5.69 Å². The van der Waals surface area contributed by atoms with Crippen molar-refractivity contribution in [3.8, 4) is 17.0 Å². The molecule has 2 aromatic carbocycles. The summed E-state index contributed by atoms with van der Waals surface area (Å²) in [4.78, 5) is 29.7. The van der Waals surface area contributed by atoms with Crippen LogP contribution in [-0.4, -0.2) is 20.3 Å². The molecule has 7 heteroatoms. The Labute approximate surface area is 179 Å². The molecule has 0 spiro atoms. The lowest BCUT2D eigenvalue weighted by molar-refractivity contribution is -0.116. The number of carbonyl (C=O) groups is 1. The third-order valence-corrected chi connectivity index (χ3v) is 5.27. The summed E-state index contributed by atoms with van der Waals surface area (Å²) in [7, 11) is 1.79. The van der Waals surface area contributed by atoms with Crippen LogP contribution >= 0.6 is 0 Å². The molecule has 0 aliphatic rings. The maximum absolute atomic E-state index is 12.9. The van der Waals surface area contributed by atoms with E-state index in [1.54, 1.807) is 24.9 Å². The fourth-order valence-corrected chi connectivity index (χ4v) is 3.41. The minimum absolute atomic E-state index is 0.160. The summed E-state index contributed by atoms with van der Waals surface area (Å²) in [6.07, 6.45) is 2.17. The molecule has 31 heavy (non-hydrogen) atoms. The van der Waals surface area contributed by atoms with Crippen LogP contribution in [0.3, 0.4) is 0 Å². The van der Waals surface area contributed by atoms with Crippen molar-refractivity contribution in [2.24, 2.45) is 7.05 Å². The summed E-state index contributed by atoms with van der Waals surface area (Å²) in [5.41, 5.74) is 3.54. The smallest absolute Gasteiger partial charge is 0.295 e. The van der Waals surface area contributed by atoms with Crippen LogP contribution in [0, 0.1) is 13.8 Å². The number of carbonyl (C=O) groups excluding carboxylic acids is 1. The Morgan fingerprint density at radius 3 is 2.48 bits per heavy atom. The molecular formula is C24H24N4O3. The van der Waals surface area contributed by atoms with Gasteiger partial charge in [0.15, 0.2) is 11.7 Å². The molecule has 4 rings (SSSR count). The number of rotatable bonds is 6. The highest BCUT2D eigenvalue weighted by molar-refractivity contribution is 5.91. The molecule has 0 aliphatic heterocycles. The predicted molar refractivity (Wildman–Crippen MR) is 119 cm³/mol. The van der Waals surface area contributed by atoms with Crippen molar-refractivity contribution < 1.29 is 9.21 Å². The highest BCUT2D eigenvalue weighted by atomic mass is 16.4. The predicted octanol–water partition coefficient (Wildman–Crippen LogP) is 4.02. The summed E-state index contributed by atoms with van der Waals surface area (Å²) in [5.74, 6) is 0.887. The summed E-state index contributed by atoms with van der Waals surface area (Å²) >= 11 is 0. The van der Waals surface area contributed by atoms with Crippen molar-refractivity contribution in [2.75, 3.05) is 5.32 Å². The molecule has 0 aliphatic carbocycles.